The SMILES string of the molecule is O=C1c2ccccc2C(=O)N1[C@@H]1CCC[C@H]1F. The zero-order chi connectivity index (χ0) is 12.0. The zero-order valence-electron chi connectivity index (χ0n) is 9.23. The molecule has 88 valence electrons. The molecule has 0 N–H and O–H groups in total. The summed E-state index contributed by atoms with van der Waals surface area (Å²) in [5, 5.41) is 0. The van der Waals surface area contributed by atoms with Crippen molar-refractivity contribution in [3.05, 3.63) is 35.4 Å². The van der Waals surface area contributed by atoms with E-state index in [4.69, 9.17) is 0 Å². The standard InChI is InChI=1S/C13H12FNO2/c14-10-6-3-7-11(10)15-12(16)8-4-1-2-5-9(8)13(15)17/h1-2,4-5,10-11H,3,6-7H2/t10-,11-/m1/s1. The van der Waals surface area contributed by atoms with Crippen molar-refractivity contribution in [3.8, 4) is 0 Å². The number of hydrogen-bond acceptors (Lipinski definition) is 2. The molecule has 1 aromatic carbocycles. The molecule has 1 saturated carbocycles. The summed E-state index contributed by atoms with van der Waals surface area (Å²) in [6.07, 6.45) is 0.682. The molecule has 2 aliphatic rings. The van der Waals surface area contributed by atoms with Crippen LogP contribution in [-0.2, 0) is 0 Å². The number of halogens is 1. The fraction of sp³-hybridized carbons (Fsp3) is 0.385. The molecule has 2 amide bonds. The number of alkyl halides is 1. The zero-order valence-corrected chi connectivity index (χ0v) is 9.23. The van der Waals surface area contributed by atoms with Gasteiger partial charge in [0.2, 0.25) is 0 Å². The number of amides is 2. The number of benzene rings is 1. The Morgan fingerprint density at radius 2 is 1.65 bits per heavy atom. The minimum Gasteiger partial charge on any atom is -0.269 e. The van der Waals surface area contributed by atoms with E-state index in [1.165, 1.54) is 0 Å². The van der Waals surface area contributed by atoms with Crippen LogP contribution in [0.2, 0.25) is 0 Å². The largest absolute Gasteiger partial charge is 0.269 e. The Hall–Kier alpha value is -1.71. The van der Waals surface area contributed by atoms with Gasteiger partial charge >= 0.3 is 0 Å². The van der Waals surface area contributed by atoms with Gasteiger partial charge in [-0.1, -0.05) is 12.1 Å². The summed E-state index contributed by atoms with van der Waals surface area (Å²) >= 11 is 0. The molecule has 1 aromatic rings. The Morgan fingerprint density at radius 1 is 1.06 bits per heavy atom. The topological polar surface area (TPSA) is 37.4 Å². The van der Waals surface area contributed by atoms with Gasteiger partial charge in [-0.2, -0.15) is 0 Å². The first-order valence-corrected chi connectivity index (χ1v) is 5.81. The third kappa shape index (κ3) is 1.40. The summed E-state index contributed by atoms with van der Waals surface area (Å²) in [7, 11) is 0. The third-order valence-electron chi connectivity index (χ3n) is 3.55. The van der Waals surface area contributed by atoms with E-state index in [2.05, 4.69) is 0 Å². The molecule has 1 fully saturated rings. The number of nitrogens with zero attached hydrogens (tertiary/aromatic N) is 1. The van der Waals surface area contributed by atoms with Gasteiger partial charge in [0.05, 0.1) is 17.2 Å². The lowest BCUT2D eigenvalue weighted by molar-refractivity contribution is 0.0522. The lowest BCUT2D eigenvalue weighted by atomic mass is 10.1. The van der Waals surface area contributed by atoms with Crippen LogP contribution in [0.25, 0.3) is 0 Å². The lowest BCUT2D eigenvalue weighted by Crippen LogP contribution is -2.42. The van der Waals surface area contributed by atoms with Crippen LogP contribution < -0.4 is 0 Å². The van der Waals surface area contributed by atoms with Crippen LogP contribution in [0.15, 0.2) is 24.3 Å². The summed E-state index contributed by atoms with van der Waals surface area (Å²) in [6, 6.07) is 6.11. The fourth-order valence-corrected chi connectivity index (χ4v) is 2.70. The minimum atomic E-state index is -1.07. The van der Waals surface area contributed by atoms with Crippen molar-refractivity contribution in [1.82, 2.24) is 4.90 Å². The predicted molar refractivity (Wildman–Crippen MR) is 59.5 cm³/mol. The van der Waals surface area contributed by atoms with Gasteiger partial charge in [-0.05, 0) is 31.4 Å². The number of rotatable bonds is 1. The van der Waals surface area contributed by atoms with E-state index in [-0.39, 0.29) is 11.8 Å². The third-order valence-corrected chi connectivity index (χ3v) is 3.55. The molecular weight excluding hydrogens is 221 g/mol. The highest BCUT2D eigenvalue weighted by Gasteiger charge is 2.44. The van der Waals surface area contributed by atoms with Crippen LogP contribution in [0.1, 0.15) is 40.0 Å². The molecule has 0 unspecified atom stereocenters. The summed E-state index contributed by atoms with van der Waals surface area (Å²) in [5.74, 6) is -0.694. The predicted octanol–water partition coefficient (Wildman–Crippen LogP) is 2.17. The summed E-state index contributed by atoms with van der Waals surface area (Å²) in [4.78, 5) is 25.3. The first-order chi connectivity index (χ1) is 8.20. The van der Waals surface area contributed by atoms with Gasteiger partial charge in [0, 0.05) is 0 Å². The number of carbonyl (C=O) groups excluding carboxylic acids is 2. The van der Waals surface area contributed by atoms with E-state index < -0.39 is 12.2 Å². The molecule has 3 rings (SSSR count). The maximum atomic E-state index is 13.7. The number of hydrogen-bond donors (Lipinski definition) is 0. The molecule has 17 heavy (non-hydrogen) atoms. The number of carbonyl (C=O) groups is 2. The summed E-state index contributed by atoms with van der Waals surface area (Å²) < 4.78 is 13.7. The molecular formula is C13H12FNO2. The van der Waals surface area contributed by atoms with Crippen molar-refractivity contribution in [2.45, 2.75) is 31.5 Å². The maximum absolute atomic E-state index is 13.7. The van der Waals surface area contributed by atoms with Crippen molar-refractivity contribution in [2.24, 2.45) is 0 Å². The monoisotopic (exact) mass is 233 g/mol. The van der Waals surface area contributed by atoms with Crippen molar-refractivity contribution >= 4 is 11.8 Å². The van der Waals surface area contributed by atoms with Gasteiger partial charge in [0.25, 0.3) is 11.8 Å². The van der Waals surface area contributed by atoms with Crippen LogP contribution >= 0.6 is 0 Å². The van der Waals surface area contributed by atoms with Gasteiger partial charge < -0.3 is 0 Å². The molecule has 2 atom stereocenters. The molecule has 0 radical (unpaired) electrons. The highest BCUT2D eigenvalue weighted by atomic mass is 19.1. The number of fused-ring (bicyclic) bond motifs is 1. The second-order valence-electron chi connectivity index (χ2n) is 4.54. The van der Waals surface area contributed by atoms with Crippen molar-refractivity contribution in [3.63, 3.8) is 0 Å². The van der Waals surface area contributed by atoms with E-state index in [1.807, 2.05) is 0 Å². The van der Waals surface area contributed by atoms with Crippen molar-refractivity contribution in [1.29, 1.82) is 0 Å². The highest BCUT2D eigenvalue weighted by molar-refractivity contribution is 6.21. The molecule has 3 nitrogen and oxygen atoms in total. The Bertz CT molecular complexity index is 465. The van der Waals surface area contributed by atoms with E-state index in [9.17, 15) is 14.0 Å². The fourth-order valence-electron chi connectivity index (χ4n) is 2.70. The van der Waals surface area contributed by atoms with Crippen LogP contribution in [0.5, 0.6) is 0 Å². The smallest absolute Gasteiger partial charge is 0.261 e. The van der Waals surface area contributed by atoms with Crippen LogP contribution in [0, 0.1) is 0 Å². The van der Waals surface area contributed by atoms with Gasteiger partial charge in [0.1, 0.15) is 6.17 Å². The van der Waals surface area contributed by atoms with Gasteiger partial charge in [-0.3, -0.25) is 14.5 Å². The Labute approximate surface area is 98.2 Å². The van der Waals surface area contributed by atoms with Crippen LogP contribution in [0.4, 0.5) is 4.39 Å². The molecule has 4 heteroatoms. The van der Waals surface area contributed by atoms with Crippen molar-refractivity contribution < 1.29 is 14.0 Å². The Kier molecular flexibility index (Phi) is 2.24. The van der Waals surface area contributed by atoms with E-state index >= 15 is 0 Å². The first kappa shape index (κ1) is 10.4. The quantitative estimate of drug-likeness (QED) is 0.697. The Balaban J connectivity index is 2.00. The van der Waals surface area contributed by atoms with Crippen LogP contribution in [0.3, 0.4) is 0 Å². The molecule has 0 aromatic heterocycles. The second-order valence-corrected chi connectivity index (χ2v) is 4.54. The van der Waals surface area contributed by atoms with E-state index in [1.54, 1.807) is 24.3 Å². The highest BCUT2D eigenvalue weighted by Crippen LogP contribution is 2.33. The molecule has 0 saturated heterocycles. The first-order valence-electron chi connectivity index (χ1n) is 5.81. The average molecular weight is 233 g/mol. The van der Waals surface area contributed by atoms with E-state index in [0.29, 0.717) is 24.0 Å². The van der Waals surface area contributed by atoms with Crippen LogP contribution in [-0.4, -0.2) is 28.9 Å². The molecule has 1 aliphatic heterocycles. The lowest BCUT2D eigenvalue weighted by Gasteiger charge is -2.23. The normalized spacial score (nSPS) is 27.7. The van der Waals surface area contributed by atoms with E-state index in [0.717, 1.165) is 11.3 Å². The molecule has 1 aliphatic carbocycles. The molecule has 0 spiro atoms. The minimum absolute atomic E-state index is 0.347. The van der Waals surface area contributed by atoms with Crippen molar-refractivity contribution in [2.75, 3.05) is 0 Å². The maximum Gasteiger partial charge on any atom is 0.261 e. The molecule has 0 bridgehead atoms. The second kappa shape index (κ2) is 3.65. The van der Waals surface area contributed by atoms with Gasteiger partial charge in [0.15, 0.2) is 0 Å². The Morgan fingerprint density at radius 3 is 2.12 bits per heavy atom. The summed E-state index contributed by atoms with van der Waals surface area (Å²) in [5.41, 5.74) is 0.799. The summed E-state index contributed by atoms with van der Waals surface area (Å²) in [6.45, 7) is 0. The van der Waals surface area contributed by atoms with Gasteiger partial charge in [-0.15, -0.1) is 0 Å². The number of imide groups is 1. The average Bonchev–Trinajstić information content (AvgIpc) is 2.84. The molecule has 1 heterocycles. The van der Waals surface area contributed by atoms with Gasteiger partial charge in [-0.25, -0.2) is 4.39 Å².